The van der Waals surface area contributed by atoms with Crippen LogP contribution in [0.1, 0.15) is 38.1 Å². The van der Waals surface area contributed by atoms with Gasteiger partial charge in [-0.2, -0.15) is 4.31 Å². The van der Waals surface area contributed by atoms with E-state index in [0.717, 1.165) is 0 Å². The van der Waals surface area contributed by atoms with Gasteiger partial charge in [0.25, 0.3) is 5.91 Å². The summed E-state index contributed by atoms with van der Waals surface area (Å²) in [6.45, 7) is 8.51. The summed E-state index contributed by atoms with van der Waals surface area (Å²) in [6, 6.07) is 6.00. The van der Waals surface area contributed by atoms with Crippen LogP contribution in [0.2, 0.25) is 0 Å². The number of carbonyl (C=O) groups is 1. The van der Waals surface area contributed by atoms with Crippen molar-refractivity contribution in [3.63, 3.8) is 0 Å². The Kier molecular flexibility index (Phi) is 6.55. The minimum atomic E-state index is -3.62. The Morgan fingerprint density at radius 1 is 1.25 bits per heavy atom. The van der Waals surface area contributed by atoms with E-state index in [1.807, 2.05) is 13.8 Å². The molecule has 24 heavy (non-hydrogen) atoms. The van der Waals surface area contributed by atoms with Gasteiger partial charge in [-0.15, -0.1) is 0 Å². The monoisotopic (exact) mass is 355 g/mol. The van der Waals surface area contributed by atoms with E-state index in [4.69, 9.17) is 5.73 Å². The second-order valence-corrected chi connectivity index (χ2v) is 9.17. The number of rotatable bonds is 7. The van der Waals surface area contributed by atoms with Crippen molar-refractivity contribution in [2.45, 2.75) is 38.6 Å². The number of hydrogen-bond acceptors (Lipinski definition) is 4. The molecule has 0 atom stereocenters. The summed E-state index contributed by atoms with van der Waals surface area (Å²) in [5.41, 5.74) is 5.86. The number of carbonyl (C=O) groups excluding carboxylic acids is 1. The van der Waals surface area contributed by atoms with Crippen molar-refractivity contribution in [1.82, 2.24) is 9.21 Å². The molecule has 0 bridgehead atoms. The van der Waals surface area contributed by atoms with Crippen molar-refractivity contribution < 1.29 is 13.2 Å². The fraction of sp³-hybridized carbons (Fsp3) is 0.588. The van der Waals surface area contributed by atoms with Gasteiger partial charge >= 0.3 is 0 Å². The lowest BCUT2D eigenvalue weighted by Gasteiger charge is -2.29. The van der Waals surface area contributed by atoms with Gasteiger partial charge in [-0.05, 0) is 44.0 Å². The zero-order valence-electron chi connectivity index (χ0n) is 15.4. The number of benzene rings is 1. The van der Waals surface area contributed by atoms with Crippen LogP contribution in [-0.2, 0) is 10.0 Å². The highest BCUT2D eigenvalue weighted by molar-refractivity contribution is 7.89. The topological polar surface area (TPSA) is 83.7 Å². The average molecular weight is 356 g/mol. The summed E-state index contributed by atoms with van der Waals surface area (Å²) >= 11 is 0. The van der Waals surface area contributed by atoms with Gasteiger partial charge in [-0.25, -0.2) is 8.42 Å². The van der Waals surface area contributed by atoms with Crippen molar-refractivity contribution in [2.24, 2.45) is 11.1 Å². The summed E-state index contributed by atoms with van der Waals surface area (Å²) < 4.78 is 26.4. The average Bonchev–Trinajstić information content (AvgIpc) is 2.52. The molecule has 0 fully saturated rings. The molecule has 0 aromatic heterocycles. The third-order valence-electron chi connectivity index (χ3n) is 4.05. The molecule has 136 valence electrons. The molecule has 1 aromatic carbocycles. The first kappa shape index (κ1) is 20.6. The molecule has 0 aliphatic carbocycles. The summed E-state index contributed by atoms with van der Waals surface area (Å²) in [4.78, 5) is 14.3. The van der Waals surface area contributed by atoms with Crippen LogP contribution in [0.4, 0.5) is 0 Å². The third kappa shape index (κ3) is 4.78. The zero-order chi connectivity index (χ0) is 18.7. The van der Waals surface area contributed by atoms with Crippen LogP contribution in [-0.4, -0.2) is 56.8 Å². The second-order valence-electron chi connectivity index (χ2n) is 7.17. The molecule has 0 aliphatic rings. The quantitative estimate of drug-likeness (QED) is 0.808. The third-order valence-corrected chi connectivity index (χ3v) is 6.08. The van der Waals surface area contributed by atoms with Crippen molar-refractivity contribution in [3.05, 3.63) is 29.8 Å². The van der Waals surface area contributed by atoms with Gasteiger partial charge in [0.2, 0.25) is 10.0 Å². The fourth-order valence-electron chi connectivity index (χ4n) is 2.23. The maximum Gasteiger partial charge on any atom is 0.253 e. The van der Waals surface area contributed by atoms with Gasteiger partial charge in [-0.3, -0.25) is 4.79 Å². The number of nitrogens with zero attached hydrogens (tertiary/aromatic N) is 2. The van der Waals surface area contributed by atoms with Gasteiger partial charge in [0, 0.05) is 32.2 Å². The number of nitrogens with two attached hydrogens (primary N) is 1. The SMILES string of the molecule is CC(C)N(C)S(=O)(=O)c1cccc(C(=O)N(C)CC(C)(C)CN)c1. The molecule has 2 N–H and O–H groups in total. The van der Waals surface area contributed by atoms with Crippen LogP contribution in [0, 0.1) is 5.41 Å². The smallest absolute Gasteiger partial charge is 0.253 e. The lowest BCUT2D eigenvalue weighted by Crippen LogP contribution is -2.39. The van der Waals surface area contributed by atoms with E-state index in [1.54, 1.807) is 37.9 Å². The summed E-state index contributed by atoms with van der Waals surface area (Å²) in [6.07, 6.45) is 0. The van der Waals surface area contributed by atoms with Crippen LogP contribution in [0.5, 0.6) is 0 Å². The van der Waals surface area contributed by atoms with E-state index in [9.17, 15) is 13.2 Å². The Hall–Kier alpha value is -1.44. The van der Waals surface area contributed by atoms with Gasteiger partial charge in [0.1, 0.15) is 0 Å². The molecule has 0 aliphatic heterocycles. The van der Waals surface area contributed by atoms with E-state index >= 15 is 0 Å². The lowest BCUT2D eigenvalue weighted by molar-refractivity contribution is 0.0740. The van der Waals surface area contributed by atoms with E-state index in [-0.39, 0.29) is 22.3 Å². The Bertz CT molecular complexity index is 684. The first-order chi connectivity index (χ1) is 10.9. The van der Waals surface area contributed by atoms with Gasteiger partial charge in [0.15, 0.2) is 0 Å². The van der Waals surface area contributed by atoms with Gasteiger partial charge < -0.3 is 10.6 Å². The van der Waals surface area contributed by atoms with Crippen LogP contribution < -0.4 is 5.73 Å². The van der Waals surface area contributed by atoms with Crippen LogP contribution >= 0.6 is 0 Å². The molecule has 6 nitrogen and oxygen atoms in total. The largest absolute Gasteiger partial charge is 0.341 e. The second kappa shape index (κ2) is 7.63. The fourth-order valence-corrected chi connectivity index (χ4v) is 3.65. The summed E-state index contributed by atoms with van der Waals surface area (Å²) in [5, 5.41) is 0. The van der Waals surface area contributed by atoms with Crippen molar-refractivity contribution in [1.29, 1.82) is 0 Å². The number of sulfonamides is 1. The van der Waals surface area contributed by atoms with E-state index in [0.29, 0.717) is 18.7 Å². The zero-order valence-corrected chi connectivity index (χ0v) is 16.2. The van der Waals surface area contributed by atoms with Crippen molar-refractivity contribution in [3.8, 4) is 0 Å². The van der Waals surface area contributed by atoms with Crippen molar-refractivity contribution >= 4 is 15.9 Å². The minimum Gasteiger partial charge on any atom is -0.341 e. The molecule has 0 radical (unpaired) electrons. The Balaban J connectivity index is 3.11. The molecule has 0 saturated carbocycles. The number of amides is 1. The highest BCUT2D eigenvalue weighted by atomic mass is 32.2. The first-order valence-electron chi connectivity index (χ1n) is 7.96. The maximum atomic E-state index is 12.6. The Morgan fingerprint density at radius 3 is 2.33 bits per heavy atom. The Labute approximate surface area is 145 Å². The highest BCUT2D eigenvalue weighted by Gasteiger charge is 2.26. The molecular formula is C17H29N3O3S. The molecule has 1 rings (SSSR count). The van der Waals surface area contributed by atoms with Gasteiger partial charge in [-0.1, -0.05) is 19.9 Å². The number of hydrogen-bond donors (Lipinski definition) is 1. The van der Waals surface area contributed by atoms with Crippen LogP contribution in [0.15, 0.2) is 29.2 Å². The standard InChI is InChI=1S/C17H29N3O3S/c1-13(2)20(6)24(22,23)15-9-7-8-14(10-15)16(21)19(5)12-17(3,4)11-18/h7-10,13H,11-12,18H2,1-6H3. The molecule has 0 unspecified atom stereocenters. The molecule has 1 aromatic rings. The molecule has 0 saturated heterocycles. The summed E-state index contributed by atoms with van der Waals surface area (Å²) in [5.74, 6) is -0.222. The van der Waals surface area contributed by atoms with Gasteiger partial charge in [0.05, 0.1) is 4.90 Å². The Morgan fingerprint density at radius 2 is 1.83 bits per heavy atom. The van der Waals surface area contributed by atoms with E-state index in [2.05, 4.69) is 0 Å². The first-order valence-corrected chi connectivity index (χ1v) is 9.40. The van der Waals surface area contributed by atoms with Crippen LogP contribution in [0.3, 0.4) is 0 Å². The molecule has 0 spiro atoms. The normalized spacial score (nSPS) is 12.7. The molecule has 7 heteroatoms. The van der Waals surface area contributed by atoms with E-state index < -0.39 is 10.0 Å². The van der Waals surface area contributed by atoms with Crippen LogP contribution in [0.25, 0.3) is 0 Å². The summed E-state index contributed by atoms with van der Waals surface area (Å²) in [7, 11) is -0.389. The maximum absolute atomic E-state index is 12.6. The minimum absolute atomic E-state index is 0.121. The van der Waals surface area contributed by atoms with Crippen molar-refractivity contribution in [2.75, 3.05) is 27.2 Å². The molecule has 0 heterocycles. The molecular weight excluding hydrogens is 326 g/mol. The highest BCUT2D eigenvalue weighted by Crippen LogP contribution is 2.20. The molecule has 1 amide bonds. The predicted molar refractivity (Wildman–Crippen MR) is 96.3 cm³/mol. The van der Waals surface area contributed by atoms with E-state index in [1.165, 1.54) is 23.5 Å². The predicted octanol–water partition coefficient (Wildman–Crippen LogP) is 1.77. The lowest BCUT2D eigenvalue weighted by atomic mass is 9.93.